The summed E-state index contributed by atoms with van der Waals surface area (Å²) in [7, 11) is 1.65. The molecule has 1 heterocycles. The molecule has 5 heteroatoms. The second-order valence-corrected chi connectivity index (χ2v) is 6.13. The van der Waals surface area contributed by atoms with E-state index >= 15 is 0 Å². The van der Waals surface area contributed by atoms with Crippen molar-refractivity contribution >= 4 is 11.9 Å². The number of rotatable bonds is 5. The zero-order chi connectivity index (χ0) is 15.7. The van der Waals surface area contributed by atoms with Gasteiger partial charge in [-0.3, -0.25) is 9.59 Å². The van der Waals surface area contributed by atoms with Gasteiger partial charge < -0.3 is 14.7 Å². The summed E-state index contributed by atoms with van der Waals surface area (Å²) < 4.78 is 5.38. The van der Waals surface area contributed by atoms with E-state index in [4.69, 9.17) is 9.84 Å². The van der Waals surface area contributed by atoms with Gasteiger partial charge in [0.05, 0.1) is 18.9 Å². The van der Waals surface area contributed by atoms with E-state index in [9.17, 15) is 9.59 Å². The lowest BCUT2D eigenvalue weighted by Crippen LogP contribution is -2.38. The molecule has 0 spiro atoms. The van der Waals surface area contributed by atoms with Gasteiger partial charge in [-0.15, -0.1) is 0 Å². The lowest BCUT2D eigenvalue weighted by atomic mass is 10.0. The maximum atomic E-state index is 12.5. The van der Waals surface area contributed by atoms with E-state index in [1.54, 1.807) is 7.11 Å². The zero-order valence-corrected chi connectivity index (χ0v) is 12.7. The minimum absolute atomic E-state index is 0.0183. The highest BCUT2D eigenvalue weighted by molar-refractivity contribution is 5.89. The quantitative estimate of drug-likeness (QED) is 0.903. The SMILES string of the molecule is COc1ccccc1C[C@@H]1CCCN1C(=O)[C@H]1C[C@H]1C(=O)O. The number of likely N-dealkylation sites (tertiary alicyclic amines) is 1. The Morgan fingerprint density at radius 3 is 2.77 bits per heavy atom. The van der Waals surface area contributed by atoms with E-state index in [0.717, 1.165) is 37.1 Å². The van der Waals surface area contributed by atoms with Gasteiger partial charge in [0.25, 0.3) is 0 Å². The van der Waals surface area contributed by atoms with Gasteiger partial charge in [0.15, 0.2) is 0 Å². The Balaban J connectivity index is 1.69. The summed E-state index contributed by atoms with van der Waals surface area (Å²) in [5, 5.41) is 9.00. The van der Waals surface area contributed by atoms with E-state index in [1.165, 1.54) is 0 Å². The molecule has 3 rings (SSSR count). The topological polar surface area (TPSA) is 66.8 Å². The second-order valence-electron chi connectivity index (χ2n) is 6.13. The van der Waals surface area contributed by atoms with Crippen LogP contribution in [0.15, 0.2) is 24.3 Å². The summed E-state index contributed by atoms with van der Waals surface area (Å²) in [6.07, 6.45) is 3.20. The van der Waals surface area contributed by atoms with E-state index in [-0.39, 0.29) is 17.9 Å². The van der Waals surface area contributed by atoms with Crippen LogP contribution in [0.1, 0.15) is 24.8 Å². The van der Waals surface area contributed by atoms with Gasteiger partial charge in [-0.1, -0.05) is 18.2 Å². The number of methoxy groups -OCH3 is 1. The van der Waals surface area contributed by atoms with Crippen molar-refractivity contribution in [1.82, 2.24) is 4.90 Å². The summed E-state index contributed by atoms with van der Waals surface area (Å²) >= 11 is 0. The van der Waals surface area contributed by atoms with Gasteiger partial charge in [0, 0.05) is 12.6 Å². The van der Waals surface area contributed by atoms with E-state index in [1.807, 2.05) is 29.2 Å². The first kappa shape index (κ1) is 14.9. The average Bonchev–Trinajstić information content (AvgIpc) is 3.20. The molecule has 5 nitrogen and oxygen atoms in total. The molecule has 1 aromatic rings. The van der Waals surface area contributed by atoms with Crippen LogP contribution >= 0.6 is 0 Å². The molecule has 0 radical (unpaired) electrons. The second kappa shape index (κ2) is 5.99. The van der Waals surface area contributed by atoms with E-state index in [2.05, 4.69) is 0 Å². The van der Waals surface area contributed by atoms with Crippen LogP contribution in [0.3, 0.4) is 0 Å². The van der Waals surface area contributed by atoms with Crippen LogP contribution in [-0.2, 0) is 16.0 Å². The highest BCUT2D eigenvalue weighted by Crippen LogP contribution is 2.41. The Morgan fingerprint density at radius 1 is 1.32 bits per heavy atom. The molecule has 0 bridgehead atoms. The number of carboxylic acid groups (broad SMARTS) is 1. The number of benzene rings is 1. The Kier molecular flexibility index (Phi) is 4.05. The number of hydrogen-bond donors (Lipinski definition) is 1. The maximum Gasteiger partial charge on any atom is 0.307 e. The van der Waals surface area contributed by atoms with Gasteiger partial charge >= 0.3 is 5.97 Å². The molecule has 1 amide bonds. The van der Waals surface area contributed by atoms with E-state index < -0.39 is 11.9 Å². The molecule has 0 aromatic heterocycles. The smallest absolute Gasteiger partial charge is 0.307 e. The standard InChI is InChI=1S/C17H21NO4/c1-22-15-7-3-2-5-11(15)9-12-6-4-8-18(12)16(19)13-10-14(13)17(20)21/h2-3,5,7,12-14H,4,6,8-10H2,1H3,(H,20,21)/t12-,13-,14+/m0/s1. The lowest BCUT2D eigenvalue weighted by Gasteiger charge is -2.25. The van der Waals surface area contributed by atoms with Crippen LogP contribution in [0.25, 0.3) is 0 Å². The first-order chi connectivity index (χ1) is 10.6. The van der Waals surface area contributed by atoms with Gasteiger partial charge in [-0.2, -0.15) is 0 Å². The molecule has 2 aliphatic rings. The minimum atomic E-state index is -0.848. The van der Waals surface area contributed by atoms with E-state index in [0.29, 0.717) is 6.42 Å². The van der Waals surface area contributed by atoms with Crippen molar-refractivity contribution in [3.8, 4) is 5.75 Å². The fourth-order valence-electron chi connectivity index (χ4n) is 3.42. The molecule has 22 heavy (non-hydrogen) atoms. The summed E-state index contributed by atoms with van der Waals surface area (Å²) in [5.41, 5.74) is 1.10. The first-order valence-electron chi connectivity index (χ1n) is 7.77. The van der Waals surface area contributed by atoms with Crippen LogP contribution < -0.4 is 4.74 Å². The number of para-hydroxylation sites is 1. The normalized spacial score (nSPS) is 26.8. The van der Waals surface area contributed by atoms with Crippen molar-refractivity contribution in [3.63, 3.8) is 0 Å². The molecule has 1 aliphatic heterocycles. The van der Waals surface area contributed by atoms with Crippen molar-refractivity contribution in [1.29, 1.82) is 0 Å². The Morgan fingerprint density at radius 2 is 2.09 bits per heavy atom. The van der Waals surface area contributed by atoms with Crippen LogP contribution in [0, 0.1) is 11.8 Å². The van der Waals surface area contributed by atoms with Gasteiger partial charge in [-0.05, 0) is 37.3 Å². The third-order valence-electron chi connectivity index (χ3n) is 4.73. The lowest BCUT2D eigenvalue weighted by molar-refractivity contribution is -0.142. The van der Waals surface area contributed by atoms with Gasteiger partial charge in [-0.25, -0.2) is 0 Å². The number of aliphatic carboxylic acids is 1. The monoisotopic (exact) mass is 303 g/mol. The third kappa shape index (κ3) is 2.80. The number of hydrogen-bond acceptors (Lipinski definition) is 3. The number of carboxylic acids is 1. The average molecular weight is 303 g/mol. The Hall–Kier alpha value is -2.04. The summed E-state index contributed by atoms with van der Waals surface area (Å²) in [6.45, 7) is 0.738. The largest absolute Gasteiger partial charge is 0.496 e. The maximum absolute atomic E-state index is 12.5. The molecule has 0 unspecified atom stereocenters. The minimum Gasteiger partial charge on any atom is -0.496 e. The summed E-state index contributed by atoms with van der Waals surface area (Å²) in [4.78, 5) is 25.4. The number of carbonyl (C=O) groups is 2. The molecular weight excluding hydrogens is 282 g/mol. The predicted molar refractivity (Wildman–Crippen MR) is 80.7 cm³/mol. The molecule has 1 saturated carbocycles. The highest BCUT2D eigenvalue weighted by atomic mass is 16.5. The van der Waals surface area contributed by atoms with Crippen molar-refractivity contribution in [2.45, 2.75) is 31.7 Å². The van der Waals surface area contributed by atoms with Crippen LogP contribution in [0.5, 0.6) is 5.75 Å². The van der Waals surface area contributed by atoms with Crippen molar-refractivity contribution in [2.24, 2.45) is 11.8 Å². The molecule has 1 aliphatic carbocycles. The van der Waals surface area contributed by atoms with Crippen molar-refractivity contribution in [3.05, 3.63) is 29.8 Å². The summed E-state index contributed by atoms with van der Waals surface area (Å²) in [5.74, 6) is -0.768. The zero-order valence-electron chi connectivity index (χ0n) is 12.7. The predicted octanol–water partition coefficient (Wildman–Crippen LogP) is 1.95. The highest BCUT2D eigenvalue weighted by Gasteiger charge is 2.51. The van der Waals surface area contributed by atoms with Gasteiger partial charge in [0.1, 0.15) is 5.75 Å². The number of carbonyl (C=O) groups excluding carboxylic acids is 1. The molecule has 1 saturated heterocycles. The Bertz CT molecular complexity index is 586. The van der Waals surface area contributed by atoms with Crippen LogP contribution in [-0.4, -0.2) is 41.6 Å². The fourth-order valence-corrected chi connectivity index (χ4v) is 3.42. The molecule has 3 atom stereocenters. The van der Waals surface area contributed by atoms with Crippen molar-refractivity contribution < 1.29 is 19.4 Å². The molecule has 1 aromatic carbocycles. The first-order valence-corrected chi connectivity index (χ1v) is 7.77. The molecule has 118 valence electrons. The number of ether oxygens (including phenoxy) is 1. The molecule has 1 N–H and O–H groups in total. The van der Waals surface area contributed by atoms with Crippen LogP contribution in [0.2, 0.25) is 0 Å². The van der Waals surface area contributed by atoms with Crippen molar-refractivity contribution in [2.75, 3.05) is 13.7 Å². The molecular formula is C17H21NO4. The number of nitrogens with zero attached hydrogens (tertiary/aromatic N) is 1. The number of amides is 1. The third-order valence-corrected chi connectivity index (χ3v) is 4.73. The summed E-state index contributed by atoms with van der Waals surface area (Å²) in [6, 6.07) is 8.01. The Labute approximate surface area is 129 Å². The molecule has 2 fully saturated rings. The fraction of sp³-hybridized carbons (Fsp3) is 0.529. The van der Waals surface area contributed by atoms with Gasteiger partial charge in [0.2, 0.25) is 5.91 Å². The van der Waals surface area contributed by atoms with Crippen LogP contribution in [0.4, 0.5) is 0 Å².